The van der Waals surface area contributed by atoms with E-state index in [4.69, 9.17) is 5.73 Å². The first-order valence-electron chi connectivity index (χ1n) is 6.86. The molecule has 0 aliphatic rings. The van der Waals surface area contributed by atoms with Gasteiger partial charge in [-0.15, -0.1) is 0 Å². The summed E-state index contributed by atoms with van der Waals surface area (Å²) in [5.74, 6) is -0.0845. The molecule has 0 saturated carbocycles. The fourth-order valence-corrected chi connectivity index (χ4v) is 2.89. The van der Waals surface area contributed by atoms with Crippen molar-refractivity contribution in [3.05, 3.63) is 66.4 Å². The fourth-order valence-electron chi connectivity index (χ4n) is 2.05. The molecule has 0 fully saturated rings. The third-order valence-electron chi connectivity index (χ3n) is 3.15. The Morgan fingerprint density at radius 2 is 1.82 bits per heavy atom. The molecule has 3 N–H and O–H groups in total. The summed E-state index contributed by atoms with van der Waals surface area (Å²) in [4.78, 5) is 17.3. The van der Waals surface area contributed by atoms with Crippen LogP contribution < -0.4 is 11.1 Å². The first kappa shape index (κ1) is 14.3. The van der Waals surface area contributed by atoms with E-state index in [2.05, 4.69) is 10.3 Å². The highest BCUT2D eigenvalue weighted by molar-refractivity contribution is 7.19. The number of carbonyl (C=O) groups excluding carboxylic acids is 1. The monoisotopic (exact) mass is 309 g/mol. The van der Waals surface area contributed by atoms with Crippen molar-refractivity contribution in [2.45, 2.75) is 6.42 Å². The molecule has 110 valence electrons. The van der Waals surface area contributed by atoms with Gasteiger partial charge in [0.1, 0.15) is 0 Å². The minimum absolute atomic E-state index is 0.0845. The number of nitrogens with zero attached hydrogens (tertiary/aromatic N) is 1. The third-order valence-corrected chi connectivity index (χ3v) is 4.12. The Balaban J connectivity index is 1.65. The first-order chi connectivity index (χ1) is 10.7. The topological polar surface area (TPSA) is 68.0 Å². The van der Waals surface area contributed by atoms with Crippen molar-refractivity contribution in [1.82, 2.24) is 4.98 Å². The molecule has 1 heterocycles. The minimum Gasteiger partial charge on any atom is -0.399 e. The maximum atomic E-state index is 12.0. The first-order valence-corrected chi connectivity index (χ1v) is 7.68. The number of hydrogen-bond donors (Lipinski definition) is 2. The molecule has 0 aliphatic heterocycles. The van der Waals surface area contributed by atoms with Crippen molar-refractivity contribution in [2.24, 2.45) is 0 Å². The molecule has 2 aromatic carbocycles. The maximum absolute atomic E-state index is 12.0. The van der Waals surface area contributed by atoms with Crippen LogP contribution in [0.4, 0.5) is 10.8 Å². The lowest BCUT2D eigenvalue weighted by Gasteiger charge is -2.02. The van der Waals surface area contributed by atoms with Crippen molar-refractivity contribution in [3.63, 3.8) is 0 Å². The van der Waals surface area contributed by atoms with Crippen molar-refractivity contribution in [1.29, 1.82) is 0 Å². The molecule has 22 heavy (non-hydrogen) atoms. The van der Waals surface area contributed by atoms with Crippen LogP contribution in [0.15, 0.2) is 60.8 Å². The summed E-state index contributed by atoms with van der Waals surface area (Å²) in [6, 6.07) is 17.3. The number of amides is 1. The van der Waals surface area contributed by atoms with E-state index in [0.29, 0.717) is 17.2 Å². The number of anilines is 2. The Morgan fingerprint density at radius 3 is 2.55 bits per heavy atom. The van der Waals surface area contributed by atoms with Crippen molar-refractivity contribution >= 4 is 28.1 Å². The molecule has 0 radical (unpaired) electrons. The molecular weight excluding hydrogens is 294 g/mol. The van der Waals surface area contributed by atoms with Gasteiger partial charge in [0.05, 0.1) is 11.3 Å². The second-order valence-electron chi connectivity index (χ2n) is 4.86. The Bertz CT molecular complexity index is 766. The highest BCUT2D eigenvalue weighted by Crippen LogP contribution is 2.28. The average molecular weight is 309 g/mol. The minimum atomic E-state index is -0.0845. The van der Waals surface area contributed by atoms with Crippen LogP contribution in [0, 0.1) is 0 Å². The number of benzene rings is 2. The lowest BCUT2D eigenvalue weighted by atomic mass is 10.1. The number of nitrogen functional groups attached to an aromatic ring is 1. The molecule has 1 aromatic heterocycles. The number of nitrogens with two attached hydrogens (primary N) is 1. The molecule has 0 unspecified atom stereocenters. The van der Waals surface area contributed by atoms with Crippen LogP contribution in [0.5, 0.6) is 0 Å². The summed E-state index contributed by atoms with van der Waals surface area (Å²) < 4.78 is 0. The number of nitrogens with one attached hydrogen (secondary N) is 1. The van der Waals surface area contributed by atoms with E-state index in [1.807, 2.05) is 42.5 Å². The lowest BCUT2D eigenvalue weighted by molar-refractivity contribution is -0.115. The molecule has 0 aliphatic carbocycles. The Labute approximate surface area is 132 Å². The molecule has 5 heteroatoms. The summed E-state index contributed by atoms with van der Waals surface area (Å²) in [6.45, 7) is 0. The highest BCUT2D eigenvalue weighted by atomic mass is 32.1. The normalized spacial score (nSPS) is 10.4. The third kappa shape index (κ3) is 3.51. The van der Waals surface area contributed by atoms with Gasteiger partial charge in [0, 0.05) is 11.9 Å². The van der Waals surface area contributed by atoms with Gasteiger partial charge in [0.2, 0.25) is 5.91 Å². The van der Waals surface area contributed by atoms with E-state index in [1.54, 1.807) is 18.3 Å². The van der Waals surface area contributed by atoms with Gasteiger partial charge in [0.25, 0.3) is 0 Å². The largest absolute Gasteiger partial charge is 0.399 e. The zero-order valence-corrected chi connectivity index (χ0v) is 12.6. The summed E-state index contributed by atoms with van der Waals surface area (Å²) in [5, 5.41) is 3.44. The number of aromatic nitrogens is 1. The van der Waals surface area contributed by atoms with Crippen LogP contribution in [0.25, 0.3) is 10.4 Å². The van der Waals surface area contributed by atoms with Gasteiger partial charge in [-0.1, -0.05) is 53.8 Å². The molecule has 0 atom stereocenters. The summed E-state index contributed by atoms with van der Waals surface area (Å²) in [5.41, 5.74) is 8.34. The van der Waals surface area contributed by atoms with Crippen LogP contribution in [-0.2, 0) is 11.2 Å². The molecule has 0 saturated heterocycles. The van der Waals surface area contributed by atoms with Crippen molar-refractivity contribution in [3.8, 4) is 10.4 Å². The SMILES string of the molecule is Nc1ccc(CC(=O)Nc2ncc(-c3ccccc3)s2)cc1. The van der Waals surface area contributed by atoms with E-state index in [1.165, 1.54) is 11.3 Å². The number of rotatable bonds is 4. The summed E-state index contributed by atoms with van der Waals surface area (Å²) in [6.07, 6.45) is 2.08. The van der Waals surface area contributed by atoms with Crippen molar-refractivity contribution < 1.29 is 4.79 Å². The van der Waals surface area contributed by atoms with Crippen LogP contribution in [0.1, 0.15) is 5.56 Å². The predicted octanol–water partition coefficient (Wildman–Crippen LogP) is 3.57. The van der Waals surface area contributed by atoms with Crippen LogP contribution >= 0.6 is 11.3 Å². The van der Waals surface area contributed by atoms with Gasteiger partial charge < -0.3 is 11.1 Å². The highest BCUT2D eigenvalue weighted by Gasteiger charge is 2.08. The quantitative estimate of drug-likeness (QED) is 0.724. The smallest absolute Gasteiger partial charge is 0.230 e. The lowest BCUT2D eigenvalue weighted by Crippen LogP contribution is -2.14. The second kappa shape index (κ2) is 6.41. The Hall–Kier alpha value is -2.66. The van der Waals surface area contributed by atoms with Crippen LogP contribution in [0.3, 0.4) is 0 Å². The van der Waals surface area contributed by atoms with Gasteiger partial charge in [-0.05, 0) is 23.3 Å². The maximum Gasteiger partial charge on any atom is 0.230 e. The van der Waals surface area contributed by atoms with Gasteiger partial charge in [-0.3, -0.25) is 4.79 Å². The van der Waals surface area contributed by atoms with Crippen molar-refractivity contribution in [2.75, 3.05) is 11.1 Å². The van der Waals surface area contributed by atoms with E-state index in [0.717, 1.165) is 16.0 Å². The second-order valence-corrected chi connectivity index (χ2v) is 5.89. The number of thiazole rings is 1. The van der Waals surface area contributed by atoms with Gasteiger partial charge >= 0.3 is 0 Å². The van der Waals surface area contributed by atoms with E-state index in [-0.39, 0.29) is 5.91 Å². The predicted molar refractivity (Wildman–Crippen MR) is 90.7 cm³/mol. The number of hydrogen-bond acceptors (Lipinski definition) is 4. The molecule has 1 amide bonds. The van der Waals surface area contributed by atoms with Crippen LogP contribution in [-0.4, -0.2) is 10.9 Å². The Morgan fingerprint density at radius 1 is 1.09 bits per heavy atom. The standard InChI is InChI=1S/C17H15N3OS/c18-14-8-6-12(7-9-14)10-16(21)20-17-19-11-15(22-17)13-4-2-1-3-5-13/h1-9,11H,10,18H2,(H,19,20,21). The fraction of sp³-hybridized carbons (Fsp3) is 0.0588. The van der Waals surface area contributed by atoms with E-state index in [9.17, 15) is 4.79 Å². The summed E-state index contributed by atoms with van der Waals surface area (Å²) in [7, 11) is 0. The van der Waals surface area contributed by atoms with Crippen LogP contribution in [0.2, 0.25) is 0 Å². The van der Waals surface area contributed by atoms with Gasteiger partial charge in [-0.25, -0.2) is 4.98 Å². The average Bonchev–Trinajstić information content (AvgIpc) is 2.99. The summed E-state index contributed by atoms with van der Waals surface area (Å²) >= 11 is 1.46. The van der Waals surface area contributed by atoms with Gasteiger partial charge in [-0.2, -0.15) is 0 Å². The van der Waals surface area contributed by atoms with E-state index < -0.39 is 0 Å². The molecule has 0 spiro atoms. The zero-order valence-electron chi connectivity index (χ0n) is 11.8. The molecule has 4 nitrogen and oxygen atoms in total. The van der Waals surface area contributed by atoms with Gasteiger partial charge in [0.15, 0.2) is 5.13 Å². The molecule has 0 bridgehead atoms. The Kier molecular flexibility index (Phi) is 4.16. The molecule has 3 aromatic rings. The molecule has 3 rings (SSSR count). The zero-order chi connectivity index (χ0) is 15.4. The molecular formula is C17H15N3OS. The van der Waals surface area contributed by atoms with E-state index >= 15 is 0 Å². The number of carbonyl (C=O) groups is 1.